The van der Waals surface area contributed by atoms with Crippen molar-refractivity contribution in [2.75, 3.05) is 18.7 Å². The monoisotopic (exact) mass is 341 g/mol. The second kappa shape index (κ2) is 6.81. The van der Waals surface area contributed by atoms with E-state index in [-0.39, 0.29) is 18.6 Å². The van der Waals surface area contributed by atoms with Gasteiger partial charge in [0.2, 0.25) is 6.79 Å². The Bertz CT molecular complexity index is 605. The van der Waals surface area contributed by atoms with Crippen LogP contribution in [0.5, 0.6) is 11.5 Å². The number of nitro groups is 1. The average molecular weight is 341 g/mol. The van der Waals surface area contributed by atoms with Crippen molar-refractivity contribution >= 4 is 23.3 Å². The van der Waals surface area contributed by atoms with Crippen molar-refractivity contribution in [2.45, 2.75) is 36.7 Å². The Morgan fingerprint density at radius 2 is 2.04 bits per heavy atom. The predicted octanol–water partition coefficient (Wildman–Crippen LogP) is 2.25. The molecule has 1 aliphatic carbocycles. The Morgan fingerprint density at radius 1 is 1.35 bits per heavy atom. The second-order valence-corrected chi connectivity index (χ2v) is 6.44. The molecule has 1 aromatic carbocycles. The van der Waals surface area contributed by atoms with Gasteiger partial charge in [-0.15, -0.1) is 0 Å². The lowest BCUT2D eigenvalue weighted by molar-refractivity contribution is -0.384. The van der Waals surface area contributed by atoms with E-state index in [4.69, 9.17) is 14.6 Å². The largest absolute Gasteiger partial charge is 0.452 e. The SMILES string of the molecule is NSc1cc([N+](=O)[O-])c(NCC2CCC(O)CC2)c2c1OCO2. The van der Waals surface area contributed by atoms with Gasteiger partial charge in [-0.2, -0.15) is 0 Å². The standard InChI is InChI=1S/C14H19N3O5S/c15-23-11-5-10(17(19)20)12(14-13(11)21-7-22-14)16-6-8-1-3-9(18)4-2-8/h5,8-9,16,18H,1-4,6-7,15H2. The van der Waals surface area contributed by atoms with E-state index >= 15 is 0 Å². The zero-order valence-electron chi connectivity index (χ0n) is 12.5. The fraction of sp³-hybridized carbons (Fsp3) is 0.571. The van der Waals surface area contributed by atoms with Crippen LogP contribution in [-0.2, 0) is 0 Å². The van der Waals surface area contributed by atoms with Gasteiger partial charge >= 0.3 is 0 Å². The molecule has 3 rings (SSSR count). The van der Waals surface area contributed by atoms with Crippen LogP contribution in [0.15, 0.2) is 11.0 Å². The lowest BCUT2D eigenvalue weighted by Crippen LogP contribution is -2.23. The molecular formula is C14H19N3O5S. The number of nitrogens with zero attached hydrogens (tertiary/aromatic N) is 1. The van der Waals surface area contributed by atoms with Crippen LogP contribution in [0.25, 0.3) is 0 Å². The summed E-state index contributed by atoms with van der Waals surface area (Å²) in [5.41, 5.74) is 0.268. The maximum Gasteiger partial charge on any atom is 0.297 e. The third kappa shape index (κ3) is 3.31. The van der Waals surface area contributed by atoms with Crippen molar-refractivity contribution in [2.24, 2.45) is 11.1 Å². The highest BCUT2D eigenvalue weighted by Crippen LogP contribution is 2.49. The zero-order chi connectivity index (χ0) is 16.4. The Morgan fingerprint density at radius 3 is 2.70 bits per heavy atom. The smallest absolute Gasteiger partial charge is 0.297 e. The van der Waals surface area contributed by atoms with Gasteiger partial charge in [0.1, 0.15) is 0 Å². The Balaban J connectivity index is 1.83. The molecule has 2 aliphatic rings. The molecule has 8 nitrogen and oxygen atoms in total. The fourth-order valence-corrected chi connectivity index (χ4v) is 3.46. The number of fused-ring (bicyclic) bond motifs is 1. The van der Waals surface area contributed by atoms with Gasteiger partial charge in [0.05, 0.1) is 15.9 Å². The van der Waals surface area contributed by atoms with Crippen molar-refractivity contribution in [3.8, 4) is 11.5 Å². The lowest BCUT2D eigenvalue weighted by atomic mass is 9.87. The second-order valence-electron chi connectivity index (χ2n) is 5.76. The van der Waals surface area contributed by atoms with Gasteiger partial charge in [-0.1, -0.05) is 0 Å². The number of rotatable bonds is 5. The van der Waals surface area contributed by atoms with Crippen LogP contribution in [0.1, 0.15) is 25.7 Å². The summed E-state index contributed by atoms with van der Waals surface area (Å²) in [5, 5.41) is 29.6. The zero-order valence-corrected chi connectivity index (χ0v) is 13.3. The molecule has 0 aromatic heterocycles. The molecule has 9 heteroatoms. The molecular weight excluding hydrogens is 322 g/mol. The van der Waals surface area contributed by atoms with Crippen molar-refractivity contribution in [3.05, 3.63) is 16.2 Å². The summed E-state index contributed by atoms with van der Waals surface area (Å²) in [6.45, 7) is 0.618. The number of aliphatic hydroxyl groups is 1. The Labute approximate surface area is 137 Å². The predicted molar refractivity (Wildman–Crippen MR) is 85.7 cm³/mol. The van der Waals surface area contributed by atoms with E-state index in [0.717, 1.165) is 37.6 Å². The minimum Gasteiger partial charge on any atom is -0.452 e. The summed E-state index contributed by atoms with van der Waals surface area (Å²) >= 11 is 0.896. The van der Waals surface area contributed by atoms with E-state index in [1.807, 2.05) is 0 Å². The van der Waals surface area contributed by atoms with E-state index in [1.54, 1.807) is 0 Å². The first-order valence-electron chi connectivity index (χ1n) is 7.49. The Hall–Kier alpha value is -1.71. The van der Waals surface area contributed by atoms with Crippen LogP contribution < -0.4 is 19.9 Å². The van der Waals surface area contributed by atoms with Gasteiger partial charge in [-0.3, -0.25) is 15.3 Å². The highest BCUT2D eigenvalue weighted by Gasteiger charge is 2.31. The van der Waals surface area contributed by atoms with Gasteiger partial charge in [0, 0.05) is 12.6 Å². The molecule has 0 amide bonds. The highest BCUT2D eigenvalue weighted by atomic mass is 32.2. The van der Waals surface area contributed by atoms with Gasteiger partial charge < -0.3 is 19.9 Å². The molecule has 23 heavy (non-hydrogen) atoms. The molecule has 126 valence electrons. The molecule has 1 aromatic rings. The van der Waals surface area contributed by atoms with Gasteiger partial charge in [-0.05, 0) is 43.5 Å². The first kappa shape index (κ1) is 16.2. The first-order valence-corrected chi connectivity index (χ1v) is 8.37. The number of anilines is 1. The highest BCUT2D eigenvalue weighted by molar-refractivity contribution is 7.97. The molecule has 1 aliphatic heterocycles. The summed E-state index contributed by atoms with van der Waals surface area (Å²) < 4.78 is 10.8. The van der Waals surface area contributed by atoms with Crippen LogP contribution in [-0.4, -0.2) is 29.5 Å². The van der Waals surface area contributed by atoms with Crippen molar-refractivity contribution < 1.29 is 19.5 Å². The maximum absolute atomic E-state index is 11.4. The number of hydrogen-bond donors (Lipinski definition) is 3. The summed E-state index contributed by atoms with van der Waals surface area (Å²) in [6.07, 6.45) is 3.13. The molecule has 1 saturated carbocycles. The number of nitro benzene ring substituents is 1. The lowest BCUT2D eigenvalue weighted by Gasteiger charge is -2.26. The molecule has 0 unspecified atom stereocenters. The van der Waals surface area contributed by atoms with Crippen molar-refractivity contribution in [1.82, 2.24) is 0 Å². The third-order valence-corrected chi connectivity index (χ3v) is 4.85. The number of nitrogens with two attached hydrogens (primary N) is 1. The number of aliphatic hydroxyl groups excluding tert-OH is 1. The average Bonchev–Trinajstić information content (AvgIpc) is 3.03. The van der Waals surface area contributed by atoms with E-state index in [9.17, 15) is 15.2 Å². The quantitative estimate of drug-likeness (QED) is 0.424. The van der Waals surface area contributed by atoms with Crippen molar-refractivity contribution in [3.63, 3.8) is 0 Å². The van der Waals surface area contributed by atoms with Crippen LogP contribution in [0.3, 0.4) is 0 Å². The van der Waals surface area contributed by atoms with E-state index in [1.165, 1.54) is 6.07 Å². The van der Waals surface area contributed by atoms with Crippen LogP contribution in [0, 0.1) is 16.0 Å². The Kier molecular flexibility index (Phi) is 4.79. The molecule has 1 heterocycles. The summed E-state index contributed by atoms with van der Waals surface area (Å²) in [6, 6.07) is 1.41. The normalized spacial score (nSPS) is 22.9. The minimum atomic E-state index is -0.450. The summed E-state index contributed by atoms with van der Waals surface area (Å²) in [7, 11) is 0. The number of ether oxygens (including phenoxy) is 2. The van der Waals surface area contributed by atoms with Gasteiger partial charge in [-0.25, -0.2) is 0 Å². The third-order valence-electron chi connectivity index (χ3n) is 4.30. The molecule has 0 saturated heterocycles. The first-order chi connectivity index (χ1) is 11.1. The van der Waals surface area contributed by atoms with E-state index in [0.29, 0.717) is 34.5 Å². The number of benzene rings is 1. The van der Waals surface area contributed by atoms with E-state index < -0.39 is 4.92 Å². The molecule has 0 spiro atoms. The molecule has 1 fully saturated rings. The summed E-state index contributed by atoms with van der Waals surface area (Å²) in [5.74, 6) is 1.17. The number of hydrogen-bond acceptors (Lipinski definition) is 8. The van der Waals surface area contributed by atoms with Crippen molar-refractivity contribution in [1.29, 1.82) is 0 Å². The topological polar surface area (TPSA) is 120 Å². The fourth-order valence-electron chi connectivity index (χ4n) is 3.02. The molecule has 0 bridgehead atoms. The van der Waals surface area contributed by atoms with Gasteiger partial charge in [0.25, 0.3) is 5.69 Å². The molecule has 0 atom stereocenters. The maximum atomic E-state index is 11.4. The van der Waals surface area contributed by atoms with Crippen LogP contribution in [0.4, 0.5) is 11.4 Å². The van der Waals surface area contributed by atoms with Crippen LogP contribution in [0.2, 0.25) is 0 Å². The van der Waals surface area contributed by atoms with E-state index in [2.05, 4.69) is 5.32 Å². The van der Waals surface area contributed by atoms with Gasteiger partial charge in [0.15, 0.2) is 17.2 Å². The molecule has 4 N–H and O–H groups in total. The minimum absolute atomic E-state index is 0.0222. The summed E-state index contributed by atoms with van der Waals surface area (Å²) in [4.78, 5) is 11.4. The van der Waals surface area contributed by atoms with Crippen LogP contribution >= 0.6 is 11.9 Å². The molecule has 0 radical (unpaired) electrons. The number of nitrogens with one attached hydrogen (secondary N) is 1.